The zero-order valence-electron chi connectivity index (χ0n) is 11.8. The maximum atomic E-state index is 11.6. The summed E-state index contributed by atoms with van der Waals surface area (Å²) in [6.07, 6.45) is 1.71. The summed E-state index contributed by atoms with van der Waals surface area (Å²) in [6, 6.07) is 3.13. The molecular weight excluding hydrogens is 278 g/mol. The number of hydrogen-bond acceptors (Lipinski definition) is 5. The number of sulfonamides is 1. The Morgan fingerprint density at radius 1 is 1.30 bits per heavy atom. The molecule has 1 heterocycles. The van der Waals surface area contributed by atoms with Crippen LogP contribution in [-0.4, -0.2) is 27.2 Å². The molecule has 0 spiro atoms. The molecule has 0 aromatic heterocycles. The summed E-state index contributed by atoms with van der Waals surface area (Å²) in [5, 5.41) is 8.63. The van der Waals surface area contributed by atoms with Crippen LogP contribution in [0.5, 0.6) is 0 Å². The molecule has 1 aromatic rings. The van der Waals surface area contributed by atoms with E-state index in [2.05, 4.69) is 12.2 Å². The highest BCUT2D eigenvalue weighted by Crippen LogP contribution is 2.31. The smallest absolute Gasteiger partial charge is 0.238 e. The van der Waals surface area contributed by atoms with Crippen molar-refractivity contribution >= 4 is 21.4 Å². The molecule has 0 aliphatic carbocycles. The maximum absolute atomic E-state index is 11.6. The lowest BCUT2D eigenvalue weighted by Gasteiger charge is -2.36. The van der Waals surface area contributed by atoms with Gasteiger partial charge >= 0.3 is 0 Å². The second-order valence-electron chi connectivity index (χ2n) is 5.53. The molecule has 1 fully saturated rings. The molecule has 7 heteroatoms. The minimum absolute atomic E-state index is 0.0654. The van der Waals surface area contributed by atoms with Gasteiger partial charge in [-0.05, 0) is 44.4 Å². The van der Waals surface area contributed by atoms with Gasteiger partial charge in [0.05, 0.1) is 4.90 Å². The molecule has 2 rings (SSSR count). The molecule has 1 aromatic carbocycles. The van der Waals surface area contributed by atoms with E-state index in [-0.39, 0.29) is 10.4 Å². The molecule has 0 unspecified atom stereocenters. The highest BCUT2D eigenvalue weighted by Gasteiger charge is 2.28. The molecule has 0 saturated carbocycles. The fourth-order valence-electron chi connectivity index (χ4n) is 2.41. The van der Waals surface area contributed by atoms with Gasteiger partial charge in [0, 0.05) is 30.1 Å². The Balaban J connectivity index is 2.39. The predicted molar refractivity (Wildman–Crippen MR) is 79.0 cm³/mol. The van der Waals surface area contributed by atoms with Crippen molar-refractivity contribution in [1.82, 2.24) is 0 Å². The van der Waals surface area contributed by atoms with Crippen LogP contribution in [0.4, 0.5) is 11.4 Å². The number of ether oxygens (including phenoxy) is 1. The lowest BCUT2D eigenvalue weighted by Crippen LogP contribution is -2.41. The highest BCUT2D eigenvalue weighted by atomic mass is 32.2. The summed E-state index contributed by atoms with van der Waals surface area (Å²) in [6.45, 7) is 5.19. The molecule has 0 radical (unpaired) electrons. The van der Waals surface area contributed by atoms with Crippen LogP contribution in [0.25, 0.3) is 0 Å². The second kappa shape index (κ2) is 5.23. The van der Waals surface area contributed by atoms with Crippen LogP contribution in [0.2, 0.25) is 0 Å². The lowest BCUT2D eigenvalue weighted by molar-refractivity contribution is 0.0658. The number of nitrogen functional groups attached to an aromatic ring is 1. The van der Waals surface area contributed by atoms with E-state index in [1.165, 1.54) is 6.07 Å². The van der Waals surface area contributed by atoms with E-state index >= 15 is 0 Å². The van der Waals surface area contributed by atoms with Gasteiger partial charge in [-0.15, -0.1) is 0 Å². The fourth-order valence-corrected chi connectivity index (χ4v) is 3.24. The van der Waals surface area contributed by atoms with Gasteiger partial charge in [0.15, 0.2) is 0 Å². The number of nitrogens with two attached hydrogens (primary N) is 2. The van der Waals surface area contributed by atoms with Crippen molar-refractivity contribution in [2.24, 2.45) is 5.14 Å². The van der Waals surface area contributed by atoms with E-state index in [0.29, 0.717) is 30.2 Å². The van der Waals surface area contributed by atoms with Gasteiger partial charge in [-0.3, -0.25) is 0 Å². The molecule has 0 atom stereocenters. The average Bonchev–Trinajstić information content (AvgIpc) is 2.32. The van der Waals surface area contributed by atoms with E-state index in [1.807, 2.05) is 0 Å². The Morgan fingerprint density at radius 3 is 2.45 bits per heavy atom. The van der Waals surface area contributed by atoms with Crippen molar-refractivity contribution in [2.75, 3.05) is 24.3 Å². The molecule has 112 valence electrons. The van der Waals surface area contributed by atoms with E-state index < -0.39 is 10.0 Å². The summed E-state index contributed by atoms with van der Waals surface area (Å²) in [5.41, 5.74) is 7.33. The zero-order valence-corrected chi connectivity index (χ0v) is 12.6. The summed E-state index contributed by atoms with van der Waals surface area (Å²) in [4.78, 5) is 0.0654. The van der Waals surface area contributed by atoms with E-state index in [0.717, 1.165) is 12.8 Å². The monoisotopic (exact) mass is 299 g/mol. The van der Waals surface area contributed by atoms with E-state index in [4.69, 9.17) is 15.6 Å². The standard InChI is InChI=1S/C13H21N3O3S/c1-9-11(16-13(2)3-5-19-6-4-13)7-10(14)8-12(9)20(15,17)18/h7-8,16H,3-6,14H2,1-2H3,(H2,15,17,18). The van der Waals surface area contributed by atoms with Crippen molar-refractivity contribution in [3.05, 3.63) is 17.7 Å². The topological polar surface area (TPSA) is 107 Å². The van der Waals surface area contributed by atoms with Crippen molar-refractivity contribution in [3.8, 4) is 0 Å². The third kappa shape index (κ3) is 3.23. The number of benzene rings is 1. The highest BCUT2D eigenvalue weighted by molar-refractivity contribution is 7.89. The largest absolute Gasteiger partial charge is 0.399 e. The number of hydrogen-bond donors (Lipinski definition) is 3. The minimum Gasteiger partial charge on any atom is -0.399 e. The summed E-state index contributed by atoms with van der Waals surface area (Å²) in [5.74, 6) is 0. The summed E-state index contributed by atoms with van der Waals surface area (Å²) < 4.78 is 28.6. The summed E-state index contributed by atoms with van der Waals surface area (Å²) >= 11 is 0. The maximum Gasteiger partial charge on any atom is 0.238 e. The zero-order chi connectivity index (χ0) is 15.0. The third-order valence-corrected chi connectivity index (χ3v) is 4.76. The molecule has 5 N–H and O–H groups in total. The van der Waals surface area contributed by atoms with Crippen LogP contribution in [0, 0.1) is 6.92 Å². The van der Waals surface area contributed by atoms with Crippen LogP contribution in [0.3, 0.4) is 0 Å². The SMILES string of the molecule is Cc1c(NC2(C)CCOCC2)cc(N)cc1S(N)(=O)=O. The van der Waals surface area contributed by atoms with Crippen molar-refractivity contribution in [2.45, 2.75) is 37.1 Å². The molecule has 0 amide bonds. The first-order valence-electron chi connectivity index (χ1n) is 6.50. The van der Waals surface area contributed by atoms with Gasteiger partial charge in [0.2, 0.25) is 10.0 Å². The van der Waals surface area contributed by atoms with Crippen LogP contribution >= 0.6 is 0 Å². The van der Waals surface area contributed by atoms with Crippen LogP contribution < -0.4 is 16.2 Å². The first-order chi connectivity index (χ1) is 9.21. The van der Waals surface area contributed by atoms with Gasteiger partial charge in [-0.1, -0.05) is 0 Å². The molecular formula is C13H21N3O3S. The Kier molecular flexibility index (Phi) is 3.95. The Hall–Kier alpha value is -1.31. The molecule has 6 nitrogen and oxygen atoms in total. The first kappa shape index (κ1) is 15.1. The third-order valence-electron chi connectivity index (χ3n) is 3.72. The quantitative estimate of drug-likeness (QED) is 0.727. The van der Waals surface area contributed by atoms with Gasteiger partial charge in [-0.2, -0.15) is 0 Å². The van der Waals surface area contributed by atoms with Gasteiger partial charge < -0.3 is 15.8 Å². The minimum atomic E-state index is -3.78. The van der Waals surface area contributed by atoms with Crippen molar-refractivity contribution in [3.63, 3.8) is 0 Å². The molecule has 1 aliphatic heterocycles. The molecule has 0 bridgehead atoms. The Bertz CT molecular complexity index is 608. The predicted octanol–water partition coefficient (Wildman–Crippen LogP) is 1.21. The lowest BCUT2D eigenvalue weighted by atomic mass is 9.91. The number of nitrogens with one attached hydrogen (secondary N) is 1. The second-order valence-corrected chi connectivity index (χ2v) is 7.06. The number of primary sulfonamides is 1. The normalized spacial score (nSPS) is 18.8. The number of anilines is 2. The Labute approximate surface area is 119 Å². The van der Waals surface area contributed by atoms with Crippen LogP contribution in [-0.2, 0) is 14.8 Å². The van der Waals surface area contributed by atoms with Gasteiger partial charge in [0.1, 0.15) is 0 Å². The van der Waals surface area contributed by atoms with E-state index in [1.54, 1.807) is 13.0 Å². The van der Waals surface area contributed by atoms with E-state index in [9.17, 15) is 8.42 Å². The van der Waals surface area contributed by atoms with Gasteiger partial charge in [0.25, 0.3) is 0 Å². The molecule has 20 heavy (non-hydrogen) atoms. The summed E-state index contributed by atoms with van der Waals surface area (Å²) in [7, 11) is -3.78. The van der Waals surface area contributed by atoms with Gasteiger partial charge in [-0.25, -0.2) is 13.6 Å². The van der Waals surface area contributed by atoms with Crippen LogP contribution in [0.1, 0.15) is 25.3 Å². The Morgan fingerprint density at radius 2 is 1.90 bits per heavy atom. The van der Waals surface area contributed by atoms with Crippen LogP contribution in [0.15, 0.2) is 17.0 Å². The number of rotatable bonds is 3. The first-order valence-corrected chi connectivity index (χ1v) is 8.05. The van der Waals surface area contributed by atoms with Crippen molar-refractivity contribution in [1.29, 1.82) is 0 Å². The average molecular weight is 299 g/mol. The molecule has 1 saturated heterocycles. The fraction of sp³-hybridized carbons (Fsp3) is 0.538. The molecule has 1 aliphatic rings. The van der Waals surface area contributed by atoms with Crippen molar-refractivity contribution < 1.29 is 13.2 Å².